The molecule has 0 bridgehead atoms. The highest BCUT2D eigenvalue weighted by molar-refractivity contribution is 7.89. The molecule has 1 rings (SSSR count). The molecule has 102 valence electrons. The topological polar surface area (TPSA) is 83.6 Å². The summed E-state index contributed by atoms with van der Waals surface area (Å²) in [5.41, 5.74) is 7.24. The number of aliphatic hydroxyl groups excluding tert-OH is 1. The Morgan fingerprint density at radius 2 is 1.94 bits per heavy atom. The summed E-state index contributed by atoms with van der Waals surface area (Å²) < 4.78 is 25.6. The molecule has 5 nitrogen and oxygen atoms in total. The van der Waals surface area contributed by atoms with Crippen LogP contribution >= 0.6 is 0 Å². The third-order valence-corrected chi connectivity index (χ3v) is 4.75. The van der Waals surface area contributed by atoms with E-state index in [2.05, 4.69) is 0 Å². The van der Waals surface area contributed by atoms with E-state index < -0.39 is 16.1 Å². The standard InChI is InChI=1S/C12H20N2O3S/c1-9-4-5-12(6-10(9)2)18(16,17)14(3)8-11(15)7-13/h4-6,11,15H,7-8,13H2,1-3H3/t11-/m0/s1. The Labute approximate surface area is 108 Å². The van der Waals surface area contributed by atoms with E-state index in [0.717, 1.165) is 15.4 Å². The van der Waals surface area contributed by atoms with Gasteiger partial charge in [0.05, 0.1) is 11.0 Å². The van der Waals surface area contributed by atoms with E-state index in [1.54, 1.807) is 18.2 Å². The minimum absolute atomic E-state index is 0.00818. The summed E-state index contributed by atoms with van der Waals surface area (Å²) >= 11 is 0. The van der Waals surface area contributed by atoms with E-state index in [0.29, 0.717) is 0 Å². The van der Waals surface area contributed by atoms with Gasteiger partial charge in [-0.05, 0) is 37.1 Å². The highest BCUT2D eigenvalue weighted by Gasteiger charge is 2.22. The molecule has 18 heavy (non-hydrogen) atoms. The van der Waals surface area contributed by atoms with Crippen LogP contribution in [0.5, 0.6) is 0 Å². The van der Waals surface area contributed by atoms with Crippen LogP contribution in [0.2, 0.25) is 0 Å². The minimum Gasteiger partial charge on any atom is -0.390 e. The highest BCUT2D eigenvalue weighted by atomic mass is 32.2. The molecule has 0 saturated carbocycles. The summed E-state index contributed by atoms with van der Waals surface area (Å²) in [6.45, 7) is 3.81. The summed E-state index contributed by atoms with van der Waals surface area (Å²) in [6, 6.07) is 4.98. The van der Waals surface area contributed by atoms with Crippen molar-refractivity contribution < 1.29 is 13.5 Å². The Bertz CT molecular complexity index is 514. The summed E-state index contributed by atoms with van der Waals surface area (Å²) in [6.07, 6.45) is -0.851. The third-order valence-electron chi connectivity index (χ3n) is 2.93. The second kappa shape index (κ2) is 5.79. The molecule has 0 aromatic heterocycles. The molecule has 0 saturated heterocycles. The summed E-state index contributed by atoms with van der Waals surface area (Å²) in [5, 5.41) is 9.41. The highest BCUT2D eigenvalue weighted by Crippen LogP contribution is 2.18. The molecule has 0 fully saturated rings. The molecule has 6 heteroatoms. The van der Waals surface area contributed by atoms with E-state index in [1.807, 2.05) is 13.8 Å². The summed E-state index contributed by atoms with van der Waals surface area (Å²) in [4.78, 5) is 0.234. The average Bonchev–Trinajstić information content (AvgIpc) is 2.32. The summed E-state index contributed by atoms with van der Waals surface area (Å²) in [7, 11) is -2.13. The van der Waals surface area contributed by atoms with Crippen molar-refractivity contribution in [1.29, 1.82) is 0 Å². The largest absolute Gasteiger partial charge is 0.390 e. The van der Waals surface area contributed by atoms with Gasteiger partial charge in [-0.1, -0.05) is 6.07 Å². The number of hydrogen-bond donors (Lipinski definition) is 2. The van der Waals surface area contributed by atoms with E-state index in [-0.39, 0.29) is 18.0 Å². The van der Waals surface area contributed by atoms with Gasteiger partial charge in [0, 0.05) is 20.1 Å². The molecule has 0 aliphatic rings. The number of nitrogens with two attached hydrogens (primary N) is 1. The predicted molar refractivity (Wildman–Crippen MR) is 70.8 cm³/mol. The number of hydrogen-bond acceptors (Lipinski definition) is 4. The molecule has 0 heterocycles. The first-order valence-corrected chi connectivity index (χ1v) is 7.14. The zero-order chi connectivity index (χ0) is 13.9. The van der Waals surface area contributed by atoms with Crippen LogP contribution in [0.1, 0.15) is 11.1 Å². The maximum absolute atomic E-state index is 12.2. The Morgan fingerprint density at radius 1 is 1.33 bits per heavy atom. The molecular formula is C12H20N2O3S. The van der Waals surface area contributed by atoms with E-state index in [9.17, 15) is 13.5 Å². The second-order valence-electron chi connectivity index (χ2n) is 4.42. The lowest BCUT2D eigenvalue weighted by Crippen LogP contribution is -2.37. The molecule has 0 unspecified atom stereocenters. The molecule has 0 amide bonds. The molecule has 1 aromatic carbocycles. The lowest BCUT2D eigenvalue weighted by atomic mass is 10.1. The Hall–Kier alpha value is -0.950. The molecule has 0 spiro atoms. The van der Waals surface area contributed by atoms with Gasteiger partial charge in [-0.15, -0.1) is 0 Å². The van der Waals surface area contributed by atoms with E-state index in [4.69, 9.17) is 5.73 Å². The maximum atomic E-state index is 12.2. The van der Waals surface area contributed by atoms with Gasteiger partial charge < -0.3 is 10.8 Å². The van der Waals surface area contributed by atoms with E-state index in [1.165, 1.54) is 7.05 Å². The van der Waals surface area contributed by atoms with Crippen molar-refractivity contribution in [2.45, 2.75) is 24.8 Å². The number of aliphatic hydroxyl groups is 1. The van der Waals surface area contributed by atoms with Crippen LogP contribution in [-0.4, -0.2) is 44.1 Å². The average molecular weight is 272 g/mol. The monoisotopic (exact) mass is 272 g/mol. The molecule has 0 radical (unpaired) electrons. The second-order valence-corrected chi connectivity index (χ2v) is 6.47. The van der Waals surface area contributed by atoms with Gasteiger partial charge in [0.2, 0.25) is 10.0 Å². The maximum Gasteiger partial charge on any atom is 0.242 e. The third kappa shape index (κ3) is 3.29. The van der Waals surface area contributed by atoms with Crippen molar-refractivity contribution >= 4 is 10.0 Å². The van der Waals surface area contributed by atoms with Crippen molar-refractivity contribution in [3.05, 3.63) is 29.3 Å². The predicted octanol–water partition coefficient (Wildman–Crippen LogP) is 0.244. The normalized spacial score (nSPS) is 13.9. The van der Waals surface area contributed by atoms with Gasteiger partial charge in [0.15, 0.2) is 0 Å². The van der Waals surface area contributed by atoms with Gasteiger partial charge in [-0.2, -0.15) is 4.31 Å². The minimum atomic E-state index is -3.57. The van der Waals surface area contributed by atoms with Crippen LogP contribution in [-0.2, 0) is 10.0 Å². The number of likely N-dealkylation sites (N-methyl/N-ethyl adjacent to an activating group) is 1. The zero-order valence-electron chi connectivity index (χ0n) is 10.9. The van der Waals surface area contributed by atoms with Gasteiger partial charge >= 0.3 is 0 Å². The van der Waals surface area contributed by atoms with Crippen LogP contribution in [0.3, 0.4) is 0 Å². The first-order valence-electron chi connectivity index (χ1n) is 5.70. The van der Waals surface area contributed by atoms with Gasteiger partial charge in [-0.25, -0.2) is 8.42 Å². The quantitative estimate of drug-likeness (QED) is 0.804. The molecule has 0 aliphatic carbocycles. The van der Waals surface area contributed by atoms with Crippen molar-refractivity contribution in [2.24, 2.45) is 5.73 Å². The van der Waals surface area contributed by atoms with Crippen LogP contribution in [0, 0.1) is 13.8 Å². The molecule has 1 atom stereocenters. The van der Waals surface area contributed by atoms with Gasteiger partial charge in [-0.3, -0.25) is 0 Å². The van der Waals surface area contributed by atoms with Crippen LogP contribution < -0.4 is 5.73 Å². The van der Waals surface area contributed by atoms with Crippen molar-refractivity contribution in [3.63, 3.8) is 0 Å². The van der Waals surface area contributed by atoms with Gasteiger partial charge in [0.25, 0.3) is 0 Å². The number of sulfonamides is 1. The van der Waals surface area contributed by atoms with Crippen LogP contribution in [0.25, 0.3) is 0 Å². The number of benzene rings is 1. The molecule has 0 aliphatic heterocycles. The van der Waals surface area contributed by atoms with Crippen LogP contribution in [0.15, 0.2) is 23.1 Å². The van der Waals surface area contributed by atoms with E-state index >= 15 is 0 Å². The smallest absolute Gasteiger partial charge is 0.242 e. The van der Waals surface area contributed by atoms with Crippen molar-refractivity contribution in [3.8, 4) is 0 Å². The Balaban J connectivity index is 3.02. The fourth-order valence-electron chi connectivity index (χ4n) is 1.52. The van der Waals surface area contributed by atoms with Crippen molar-refractivity contribution in [1.82, 2.24) is 4.31 Å². The lowest BCUT2D eigenvalue weighted by molar-refractivity contribution is 0.160. The number of aryl methyl sites for hydroxylation is 2. The summed E-state index contributed by atoms with van der Waals surface area (Å²) in [5.74, 6) is 0. The fourth-order valence-corrected chi connectivity index (χ4v) is 2.82. The first-order chi connectivity index (χ1) is 8.28. The zero-order valence-corrected chi connectivity index (χ0v) is 11.7. The van der Waals surface area contributed by atoms with Crippen molar-refractivity contribution in [2.75, 3.05) is 20.1 Å². The Morgan fingerprint density at radius 3 is 2.44 bits per heavy atom. The molecular weight excluding hydrogens is 252 g/mol. The fraction of sp³-hybridized carbons (Fsp3) is 0.500. The number of nitrogens with zero attached hydrogens (tertiary/aromatic N) is 1. The SMILES string of the molecule is Cc1ccc(S(=O)(=O)N(C)C[C@@H](O)CN)cc1C. The number of rotatable bonds is 5. The van der Waals surface area contributed by atoms with Gasteiger partial charge in [0.1, 0.15) is 0 Å². The molecule has 3 N–H and O–H groups in total. The molecule has 1 aromatic rings. The lowest BCUT2D eigenvalue weighted by Gasteiger charge is -2.20. The first kappa shape index (κ1) is 15.1. The van der Waals surface area contributed by atoms with Crippen LogP contribution in [0.4, 0.5) is 0 Å². The Kier molecular flexibility index (Phi) is 4.86.